The summed E-state index contributed by atoms with van der Waals surface area (Å²) in [6.45, 7) is 6.30. The number of hydrogen-bond donors (Lipinski definition) is 1. The maximum Gasteiger partial charge on any atom is 0.179 e. The molecule has 3 nitrogen and oxygen atoms in total. The fraction of sp³-hybridized carbons (Fsp3) is 0.462. The van der Waals surface area contributed by atoms with Gasteiger partial charge in [-0.3, -0.25) is 4.79 Å². The molecule has 0 atom stereocenters. The molecule has 17 heavy (non-hydrogen) atoms. The van der Waals surface area contributed by atoms with Gasteiger partial charge in [0.15, 0.2) is 5.78 Å². The average Bonchev–Trinajstić information content (AvgIpc) is 2.14. The minimum Gasteiger partial charge on any atom is -0.398 e. The van der Waals surface area contributed by atoms with Gasteiger partial charge in [0.2, 0.25) is 0 Å². The van der Waals surface area contributed by atoms with Gasteiger partial charge in [0.05, 0.1) is 6.54 Å². The van der Waals surface area contributed by atoms with Crippen LogP contribution >= 0.6 is 12.4 Å². The SMILES string of the molecule is Cc1cc(C)c(N)c(C(=O)CN(C)C)c1C.Cl. The Balaban J connectivity index is 0.00000256. The highest BCUT2D eigenvalue weighted by atomic mass is 35.5. The Labute approximate surface area is 109 Å². The number of anilines is 1. The van der Waals surface area contributed by atoms with Crippen LogP contribution in [-0.2, 0) is 0 Å². The van der Waals surface area contributed by atoms with Crippen LogP contribution in [0.2, 0.25) is 0 Å². The number of halogens is 1. The molecule has 1 rings (SSSR count). The number of rotatable bonds is 3. The molecule has 0 aliphatic carbocycles. The summed E-state index contributed by atoms with van der Waals surface area (Å²) >= 11 is 0. The lowest BCUT2D eigenvalue weighted by Gasteiger charge is -2.15. The number of hydrogen-bond acceptors (Lipinski definition) is 3. The van der Waals surface area contributed by atoms with E-state index in [-0.39, 0.29) is 18.2 Å². The summed E-state index contributed by atoms with van der Waals surface area (Å²) in [7, 11) is 3.76. The molecule has 0 bridgehead atoms. The Bertz CT molecular complexity index is 402. The van der Waals surface area contributed by atoms with Crippen LogP contribution in [0, 0.1) is 20.8 Å². The van der Waals surface area contributed by atoms with Gasteiger partial charge < -0.3 is 10.6 Å². The van der Waals surface area contributed by atoms with Crippen molar-refractivity contribution in [2.45, 2.75) is 20.8 Å². The van der Waals surface area contributed by atoms with Crippen LogP contribution in [0.4, 0.5) is 5.69 Å². The highest BCUT2D eigenvalue weighted by molar-refractivity contribution is 6.04. The maximum atomic E-state index is 12.1. The molecule has 96 valence electrons. The third-order valence-corrected chi connectivity index (χ3v) is 2.83. The van der Waals surface area contributed by atoms with Gasteiger partial charge in [-0.2, -0.15) is 0 Å². The van der Waals surface area contributed by atoms with E-state index in [0.717, 1.165) is 16.7 Å². The molecule has 0 saturated heterocycles. The first kappa shape index (κ1) is 15.9. The minimum atomic E-state index is 0. The van der Waals surface area contributed by atoms with Crippen molar-refractivity contribution in [3.63, 3.8) is 0 Å². The Morgan fingerprint density at radius 1 is 1.24 bits per heavy atom. The number of carbonyl (C=O) groups excluding carboxylic acids is 1. The number of likely N-dealkylation sites (N-methyl/N-ethyl adjacent to an activating group) is 1. The fourth-order valence-corrected chi connectivity index (χ4v) is 1.83. The topological polar surface area (TPSA) is 46.3 Å². The first-order chi connectivity index (χ1) is 7.34. The maximum absolute atomic E-state index is 12.1. The van der Waals surface area contributed by atoms with Crippen molar-refractivity contribution in [1.82, 2.24) is 4.90 Å². The number of carbonyl (C=O) groups is 1. The van der Waals surface area contributed by atoms with E-state index in [2.05, 4.69) is 0 Å². The molecule has 0 fully saturated rings. The summed E-state index contributed by atoms with van der Waals surface area (Å²) in [5, 5.41) is 0. The van der Waals surface area contributed by atoms with Crippen LogP contribution in [0.15, 0.2) is 6.07 Å². The van der Waals surface area contributed by atoms with Gasteiger partial charge in [0.1, 0.15) is 0 Å². The molecular weight excluding hydrogens is 236 g/mol. The summed E-state index contributed by atoms with van der Waals surface area (Å²) in [6.07, 6.45) is 0. The number of aryl methyl sites for hydroxylation is 2. The zero-order valence-corrected chi connectivity index (χ0v) is 11.9. The lowest BCUT2D eigenvalue weighted by Crippen LogP contribution is -2.23. The van der Waals surface area contributed by atoms with Gasteiger partial charge in [-0.25, -0.2) is 0 Å². The van der Waals surface area contributed by atoms with E-state index in [1.165, 1.54) is 0 Å². The van der Waals surface area contributed by atoms with E-state index in [4.69, 9.17) is 5.73 Å². The van der Waals surface area contributed by atoms with E-state index < -0.39 is 0 Å². The van der Waals surface area contributed by atoms with Crippen LogP contribution in [0.5, 0.6) is 0 Å². The molecule has 0 spiro atoms. The van der Waals surface area contributed by atoms with Crippen LogP contribution in [0.3, 0.4) is 0 Å². The summed E-state index contributed by atoms with van der Waals surface area (Å²) in [5.74, 6) is 0.0896. The molecule has 0 saturated carbocycles. The van der Waals surface area contributed by atoms with Crippen molar-refractivity contribution in [1.29, 1.82) is 0 Å². The summed E-state index contributed by atoms with van der Waals surface area (Å²) in [6, 6.07) is 2.02. The van der Waals surface area contributed by atoms with Gasteiger partial charge in [-0.15, -0.1) is 12.4 Å². The number of nitrogens with two attached hydrogens (primary N) is 1. The third-order valence-electron chi connectivity index (χ3n) is 2.83. The monoisotopic (exact) mass is 256 g/mol. The molecule has 0 aliphatic rings. The second kappa shape index (κ2) is 6.03. The molecule has 0 amide bonds. The molecule has 4 heteroatoms. The Kier molecular flexibility index (Phi) is 5.66. The number of nitrogen functional groups attached to an aromatic ring is 1. The highest BCUT2D eigenvalue weighted by Gasteiger charge is 2.16. The summed E-state index contributed by atoms with van der Waals surface area (Å²) < 4.78 is 0. The molecule has 0 unspecified atom stereocenters. The van der Waals surface area contributed by atoms with Crippen molar-refractivity contribution >= 4 is 23.9 Å². The minimum absolute atomic E-state index is 0. The normalized spacial score (nSPS) is 10.2. The van der Waals surface area contributed by atoms with Crippen molar-refractivity contribution in [3.8, 4) is 0 Å². The molecule has 0 heterocycles. The molecule has 0 radical (unpaired) electrons. The van der Waals surface area contributed by atoms with Crippen LogP contribution < -0.4 is 5.73 Å². The van der Waals surface area contributed by atoms with E-state index in [1.807, 2.05) is 45.8 Å². The lowest BCUT2D eigenvalue weighted by atomic mass is 9.95. The van der Waals surface area contributed by atoms with Crippen molar-refractivity contribution in [2.24, 2.45) is 0 Å². The van der Waals surface area contributed by atoms with Crippen molar-refractivity contribution in [3.05, 3.63) is 28.3 Å². The smallest absolute Gasteiger partial charge is 0.179 e. The third kappa shape index (κ3) is 3.45. The molecule has 2 N–H and O–H groups in total. The molecule has 0 aliphatic heterocycles. The predicted molar refractivity (Wildman–Crippen MR) is 75.2 cm³/mol. The van der Waals surface area contributed by atoms with Crippen molar-refractivity contribution < 1.29 is 4.79 Å². The summed E-state index contributed by atoms with van der Waals surface area (Å²) in [4.78, 5) is 13.9. The second-order valence-electron chi connectivity index (χ2n) is 4.58. The van der Waals surface area contributed by atoms with Gasteiger partial charge in [-0.05, 0) is 51.6 Å². The molecule has 0 aromatic heterocycles. The Morgan fingerprint density at radius 2 is 1.76 bits per heavy atom. The first-order valence-electron chi connectivity index (χ1n) is 5.38. The Hall–Kier alpha value is -1.06. The van der Waals surface area contributed by atoms with E-state index in [0.29, 0.717) is 17.8 Å². The van der Waals surface area contributed by atoms with E-state index in [1.54, 1.807) is 0 Å². The highest BCUT2D eigenvalue weighted by Crippen LogP contribution is 2.24. The zero-order valence-electron chi connectivity index (χ0n) is 11.1. The largest absolute Gasteiger partial charge is 0.398 e. The van der Waals surface area contributed by atoms with Crippen LogP contribution in [0.25, 0.3) is 0 Å². The van der Waals surface area contributed by atoms with Gasteiger partial charge >= 0.3 is 0 Å². The van der Waals surface area contributed by atoms with E-state index >= 15 is 0 Å². The number of ketones is 1. The Morgan fingerprint density at radius 3 is 2.24 bits per heavy atom. The van der Waals surface area contributed by atoms with E-state index in [9.17, 15) is 4.79 Å². The second-order valence-corrected chi connectivity index (χ2v) is 4.58. The lowest BCUT2D eigenvalue weighted by molar-refractivity contribution is 0.0958. The number of nitrogens with zero attached hydrogens (tertiary/aromatic N) is 1. The summed E-state index contributed by atoms with van der Waals surface area (Å²) in [5.41, 5.74) is 10.4. The zero-order chi connectivity index (χ0) is 12.5. The van der Waals surface area contributed by atoms with Crippen LogP contribution in [0.1, 0.15) is 27.0 Å². The van der Waals surface area contributed by atoms with Gasteiger partial charge in [0, 0.05) is 11.3 Å². The standard InChI is InChI=1S/C13H20N2O.ClH/c1-8-6-9(2)13(14)12(10(8)3)11(16)7-15(4)5;/h6H,7,14H2,1-5H3;1H. The average molecular weight is 257 g/mol. The molecule has 1 aromatic carbocycles. The van der Waals surface area contributed by atoms with Gasteiger partial charge in [-0.1, -0.05) is 6.07 Å². The van der Waals surface area contributed by atoms with Crippen LogP contribution in [-0.4, -0.2) is 31.3 Å². The quantitative estimate of drug-likeness (QED) is 0.667. The van der Waals surface area contributed by atoms with Gasteiger partial charge in [0.25, 0.3) is 0 Å². The molecular formula is C13H21ClN2O. The number of Topliss-reactive ketones (excluding diaryl/α,β-unsaturated/α-hetero) is 1. The van der Waals surface area contributed by atoms with Crippen molar-refractivity contribution in [2.75, 3.05) is 26.4 Å². The first-order valence-corrected chi connectivity index (χ1v) is 5.38. The molecule has 1 aromatic rings. The number of benzene rings is 1. The fourth-order valence-electron chi connectivity index (χ4n) is 1.83. The predicted octanol–water partition coefficient (Wildman–Crippen LogP) is 2.36.